The Balaban J connectivity index is 0.00000169. The van der Waals surface area contributed by atoms with E-state index >= 15 is 0 Å². The van der Waals surface area contributed by atoms with Crippen LogP contribution in [0.3, 0.4) is 0 Å². The van der Waals surface area contributed by atoms with Gasteiger partial charge >= 0.3 is 0 Å². The average Bonchev–Trinajstić information content (AvgIpc) is 2.99. The van der Waals surface area contributed by atoms with Crippen LogP contribution in [0, 0.1) is 5.92 Å². The van der Waals surface area contributed by atoms with E-state index in [0.717, 1.165) is 25.3 Å². The monoisotopic (exact) mass is 305 g/mol. The quantitative estimate of drug-likeness (QED) is 0.780. The van der Waals surface area contributed by atoms with Gasteiger partial charge in [0.1, 0.15) is 5.65 Å². The molecule has 0 unspecified atom stereocenters. The van der Waals surface area contributed by atoms with E-state index in [-0.39, 0.29) is 1.43 Å². The highest BCUT2D eigenvalue weighted by Gasteiger charge is 2.20. The van der Waals surface area contributed by atoms with E-state index in [1.54, 1.807) is 0 Å². The summed E-state index contributed by atoms with van der Waals surface area (Å²) >= 11 is 0. The molecule has 23 heavy (non-hydrogen) atoms. The normalized spacial score (nSPS) is 19.0. The lowest BCUT2D eigenvalue weighted by atomic mass is 9.95. The molecule has 0 fully saturated rings. The first-order valence-electron chi connectivity index (χ1n) is 8.19. The lowest BCUT2D eigenvalue weighted by Gasteiger charge is -2.30. The van der Waals surface area contributed by atoms with Crippen molar-refractivity contribution in [3.05, 3.63) is 72.1 Å². The summed E-state index contributed by atoms with van der Waals surface area (Å²) < 4.78 is 0. The Morgan fingerprint density at radius 1 is 1.22 bits per heavy atom. The van der Waals surface area contributed by atoms with Crippen LogP contribution in [0.4, 0.5) is 0 Å². The number of aromatic nitrogens is 2. The molecule has 1 aliphatic rings. The van der Waals surface area contributed by atoms with Gasteiger partial charge < -0.3 is 4.98 Å². The molecule has 0 aliphatic carbocycles. The van der Waals surface area contributed by atoms with Crippen LogP contribution < -0.4 is 0 Å². The number of aromatic amines is 1. The zero-order valence-electron chi connectivity index (χ0n) is 13.4. The SMILES string of the molecule is C[C@H]1C=C(c2c[nH]c3ncccc23)CN(Cc2ccccc2)C1.[HH]. The highest BCUT2D eigenvalue weighted by atomic mass is 15.1. The molecule has 3 heteroatoms. The first-order valence-corrected chi connectivity index (χ1v) is 8.19. The number of nitrogens with one attached hydrogen (secondary N) is 1. The van der Waals surface area contributed by atoms with Gasteiger partial charge in [0.2, 0.25) is 0 Å². The number of rotatable bonds is 3. The molecular formula is C20H23N3. The Morgan fingerprint density at radius 2 is 2.09 bits per heavy atom. The molecule has 118 valence electrons. The standard InChI is InChI=1S/C20H21N3.H2/c1-15-10-17(19-11-22-20-18(19)8-5-9-21-20)14-23(12-15)13-16-6-3-2-4-7-16;/h2-11,15H,12-14H2,1H3,(H,21,22);1H/t15-;/m0./s1. The van der Waals surface area contributed by atoms with Gasteiger partial charge in [-0.3, -0.25) is 4.90 Å². The number of hydrogen-bond donors (Lipinski definition) is 1. The maximum atomic E-state index is 4.41. The molecule has 0 spiro atoms. The highest BCUT2D eigenvalue weighted by Crippen LogP contribution is 2.29. The Morgan fingerprint density at radius 3 is 2.96 bits per heavy atom. The number of hydrogen-bond acceptors (Lipinski definition) is 2. The van der Waals surface area contributed by atoms with Gasteiger partial charge in [-0.25, -0.2) is 4.98 Å². The molecule has 0 radical (unpaired) electrons. The third kappa shape index (κ3) is 2.92. The first kappa shape index (κ1) is 14.2. The second kappa shape index (κ2) is 6.01. The van der Waals surface area contributed by atoms with Gasteiger partial charge in [-0.1, -0.05) is 43.3 Å². The summed E-state index contributed by atoms with van der Waals surface area (Å²) in [5.41, 5.74) is 5.04. The van der Waals surface area contributed by atoms with Gasteiger partial charge in [-0.15, -0.1) is 0 Å². The third-order valence-corrected chi connectivity index (χ3v) is 4.47. The molecule has 1 atom stereocenters. The largest absolute Gasteiger partial charge is 0.346 e. The van der Waals surface area contributed by atoms with Crippen LogP contribution in [-0.2, 0) is 6.54 Å². The van der Waals surface area contributed by atoms with Crippen LogP contribution in [0.15, 0.2) is 60.9 Å². The molecule has 4 rings (SSSR count). The van der Waals surface area contributed by atoms with E-state index in [0.29, 0.717) is 5.92 Å². The van der Waals surface area contributed by atoms with Gasteiger partial charge in [0.05, 0.1) is 0 Å². The van der Waals surface area contributed by atoms with Gasteiger partial charge in [-0.05, 0) is 29.2 Å². The molecule has 3 aromatic rings. The van der Waals surface area contributed by atoms with Crippen molar-refractivity contribution < 1.29 is 1.43 Å². The summed E-state index contributed by atoms with van der Waals surface area (Å²) in [5.74, 6) is 0.559. The van der Waals surface area contributed by atoms with Crippen molar-refractivity contribution in [3.8, 4) is 0 Å². The average molecular weight is 305 g/mol. The van der Waals surface area contributed by atoms with Crippen molar-refractivity contribution in [3.63, 3.8) is 0 Å². The van der Waals surface area contributed by atoms with Crippen LogP contribution in [0.25, 0.3) is 16.6 Å². The van der Waals surface area contributed by atoms with Crippen LogP contribution >= 0.6 is 0 Å². The number of pyridine rings is 1. The second-order valence-corrected chi connectivity index (χ2v) is 6.43. The zero-order chi connectivity index (χ0) is 15.6. The Labute approximate surface area is 138 Å². The molecule has 0 amide bonds. The van der Waals surface area contributed by atoms with Crippen LogP contribution in [0.1, 0.15) is 19.5 Å². The topological polar surface area (TPSA) is 31.9 Å². The minimum absolute atomic E-state index is 0. The molecule has 0 saturated carbocycles. The highest BCUT2D eigenvalue weighted by molar-refractivity contribution is 5.91. The van der Waals surface area contributed by atoms with Crippen molar-refractivity contribution in [1.82, 2.24) is 14.9 Å². The predicted molar refractivity (Wildman–Crippen MR) is 97.1 cm³/mol. The molecule has 2 aromatic heterocycles. The smallest absolute Gasteiger partial charge is 0.137 e. The Kier molecular flexibility index (Phi) is 3.72. The maximum Gasteiger partial charge on any atom is 0.137 e. The summed E-state index contributed by atoms with van der Waals surface area (Å²) in [6.45, 7) is 5.40. The molecule has 0 bridgehead atoms. The molecule has 1 N–H and O–H groups in total. The molecular weight excluding hydrogens is 282 g/mol. The summed E-state index contributed by atoms with van der Waals surface area (Å²) in [4.78, 5) is 10.2. The van der Waals surface area contributed by atoms with Gasteiger partial charge in [0.15, 0.2) is 0 Å². The fourth-order valence-electron chi connectivity index (χ4n) is 3.52. The molecule has 0 saturated heterocycles. The number of benzene rings is 1. The molecule has 3 heterocycles. The summed E-state index contributed by atoms with van der Waals surface area (Å²) in [5, 5.41) is 1.22. The fourth-order valence-corrected chi connectivity index (χ4v) is 3.52. The first-order chi connectivity index (χ1) is 11.3. The Hall–Kier alpha value is -2.39. The number of fused-ring (bicyclic) bond motifs is 1. The van der Waals surface area contributed by atoms with Crippen molar-refractivity contribution in [2.75, 3.05) is 13.1 Å². The minimum atomic E-state index is 0. The lowest BCUT2D eigenvalue weighted by Crippen LogP contribution is -2.33. The van der Waals surface area contributed by atoms with Crippen LogP contribution in [0.5, 0.6) is 0 Å². The van der Waals surface area contributed by atoms with Gasteiger partial charge in [0, 0.05) is 44.4 Å². The summed E-state index contributed by atoms with van der Waals surface area (Å²) in [7, 11) is 0. The number of H-pyrrole nitrogens is 1. The van der Waals surface area contributed by atoms with Crippen molar-refractivity contribution in [1.29, 1.82) is 0 Å². The second-order valence-electron chi connectivity index (χ2n) is 6.43. The molecule has 3 nitrogen and oxygen atoms in total. The van der Waals surface area contributed by atoms with Crippen molar-refractivity contribution in [2.24, 2.45) is 5.92 Å². The summed E-state index contributed by atoms with van der Waals surface area (Å²) in [6, 6.07) is 14.9. The van der Waals surface area contributed by atoms with Crippen LogP contribution in [-0.4, -0.2) is 28.0 Å². The predicted octanol–water partition coefficient (Wildman–Crippen LogP) is 4.34. The van der Waals surface area contributed by atoms with Gasteiger partial charge in [0.25, 0.3) is 0 Å². The van der Waals surface area contributed by atoms with E-state index in [1.165, 1.54) is 22.1 Å². The maximum absolute atomic E-state index is 4.41. The number of nitrogens with zero attached hydrogens (tertiary/aromatic N) is 2. The zero-order valence-corrected chi connectivity index (χ0v) is 13.4. The van der Waals surface area contributed by atoms with E-state index in [9.17, 15) is 0 Å². The van der Waals surface area contributed by atoms with E-state index < -0.39 is 0 Å². The Bertz CT molecular complexity index is 838. The van der Waals surface area contributed by atoms with E-state index in [4.69, 9.17) is 0 Å². The molecule has 1 aliphatic heterocycles. The van der Waals surface area contributed by atoms with Crippen LogP contribution in [0.2, 0.25) is 0 Å². The van der Waals surface area contributed by atoms with Crippen molar-refractivity contribution >= 4 is 16.6 Å². The van der Waals surface area contributed by atoms with E-state index in [2.05, 4.69) is 70.5 Å². The third-order valence-electron chi connectivity index (χ3n) is 4.47. The lowest BCUT2D eigenvalue weighted by molar-refractivity contribution is 0.264. The summed E-state index contributed by atoms with van der Waals surface area (Å²) in [6.07, 6.45) is 6.35. The minimum Gasteiger partial charge on any atom is -0.346 e. The van der Waals surface area contributed by atoms with Gasteiger partial charge in [-0.2, -0.15) is 0 Å². The molecule has 1 aromatic carbocycles. The van der Waals surface area contributed by atoms with E-state index in [1.807, 2.05) is 12.3 Å². The fraction of sp³-hybridized carbons (Fsp3) is 0.250. The van der Waals surface area contributed by atoms with Crippen molar-refractivity contribution in [2.45, 2.75) is 13.5 Å².